The van der Waals surface area contributed by atoms with E-state index in [0.29, 0.717) is 16.8 Å². The second kappa shape index (κ2) is 5.34. The molecule has 0 radical (unpaired) electrons. The highest BCUT2D eigenvalue weighted by molar-refractivity contribution is 6.23. The molecule has 0 aliphatic carbocycles. The molecule has 0 spiro atoms. The summed E-state index contributed by atoms with van der Waals surface area (Å²) in [6, 6.07) is 5.88. The minimum atomic E-state index is -1.01. The van der Waals surface area contributed by atoms with Gasteiger partial charge in [-0.25, -0.2) is 0 Å². The molecule has 1 aromatic heterocycles. The lowest BCUT2D eigenvalue weighted by molar-refractivity contribution is -0.136. The fourth-order valence-electron chi connectivity index (χ4n) is 2.71. The maximum Gasteiger partial charge on any atom is 0.307 e. The van der Waals surface area contributed by atoms with Gasteiger partial charge in [0.1, 0.15) is 5.82 Å². The van der Waals surface area contributed by atoms with Crippen molar-refractivity contribution in [3.05, 3.63) is 56.9 Å². The molecule has 0 saturated carbocycles. The van der Waals surface area contributed by atoms with Crippen LogP contribution in [0, 0.1) is 6.92 Å². The molecule has 1 aromatic carbocycles. The number of benzene rings is 1. The first-order valence-corrected chi connectivity index (χ1v) is 7.02. The minimum Gasteiger partial charge on any atom is -0.481 e. The van der Waals surface area contributed by atoms with Crippen molar-refractivity contribution in [3.63, 3.8) is 0 Å². The molecule has 0 atom stereocenters. The number of aliphatic carboxylic acids is 1. The Hall–Kier alpha value is -3.42. The fourth-order valence-corrected chi connectivity index (χ4v) is 2.71. The molecule has 24 heavy (non-hydrogen) atoms. The number of amides is 2. The largest absolute Gasteiger partial charge is 0.481 e. The van der Waals surface area contributed by atoms with Gasteiger partial charge >= 0.3 is 5.97 Å². The maximum absolute atomic E-state index is 12.4. The first-order valence-electron chi connectivity index (χ1n) is 7.02. The van der Waals surface area contributed by atoms with Crippen LogP contribution >= 0.6 is 0 Å². The molecule has 2 heterocycles. The zero-order chi connectivity index (χ0) is 17.6. The number of pyridine rings is 1. The normalized spacial score (nSPS) is 12.9. The van der Waals surface area contributed by atoms with Crippen molar-refractivity contribution in [2.45, 2.75) is 13.3 Å². The predicted molar refractivity (Wildman–Crippen MR) is 84.3 cm³/mol. The lowest BCUT2D eigenvalue weighted by Gasteiger charge is -2.15. The summed E-state index contributed by atoms with van der Waals surface area (Å²) in [6.07, 6.45) is -0.216. The van der Waals surface area contributed by atoms with Crippen LogP contribution in [0.4, 0.5) is 5.82 Å². The van der Waals surface area contributed by atoms with Crippen molar-refractivity contribution in [2.75, 3.05) is 5.73 Å². The standard InChI is InChI=1S/C16H13N3O5/c1-7-2-3-8(5-12(21)22)4-10(7)19-11(20)6-9-13(14(19)17)16(24)18-15(9)23/h2-4,6H,5,17H2,1H3,(H,21,22)(H,18,23,24). The Bertz CT molecular complexity index is 974. The lowest BCUT2D eigenvalue weighted by Crippen LogP contribution is -2.24. The number of aromatic nitrogens is 1. The topological polar surface area (TPSA) is 131 Å². The molecule has 0 unspecified atom stereocenters. The number of aryl methyl sites for hydroxylation is 1. The molecule has 2 aromatic rings. The molecule has 3 rings (SSSR count). The smallest absolute Gasteiger partial charge is 0.307 e. The number of rotatable bonds is 3. The number of imide groups is 1. The van der Waals surface area contributed by atoms with Gasteiger partial charge in [0, 0.05) is 6.07 Å². The van der Waals surface area contributed by atoms with Crippen LogP contribution in [0.3, 0.4) is 0 Å². The average molecular weight is 327 g/mol. The summed E-state index contributed by atoms with van der Waals surface area (Å²) in [4.78, 5) is 46.9. The fraction of sp³-hybridized carbons (Fsp3) is 0.125. The van der Waals surface area contributed by atoms with Crippen molar-refractivity contribution in [2.24, 2.45) is 0 Å². The van der Waals surface area contributed by atoms with Gasteiger partial charge in [0.05, 0.1) is 23.2 Å². The van der Waals surface area contributed by atoms with E-state index in [2.05, 4.69) is 5.32 Å². The Balaban J connectivity index is 2.27. The van der Waals surface area contributed by atoms with E-state index in [0.717, 1.165) is 10.6 Å². The van der Waals surface area contributed by atoms with Crippen LogP contribution in [0.25, 0.3) is 5.69 Å². The summed E-state index contributed by atoms with van der Waals surface area (Å²) in [7, 11) is 0. The van der Waals surface area contributed by atoms with Crippen LogP contribution < -0.4 is 16.6 Å². The Kier molecular flexibility index (Phi) is 3.44. The zero-order valence-corrected chi connectivity index (χ0v) is 12.6. The number of carboxylic acid groups (broad SMARTS) is 1. The van der Waals surface area contributed by atoms with E-state index in [1.165, 1.54) is 6.07 Å². The van der Waals surface area contributed by atoms with E-state index in [4.69, 9.17) is 10.8 Å². The van der Waals surface area contributed by atoms with Crippen molar-refractivity contribution < 1.29 is 19.5 Å². The summed E-state index contributed by atoms with van der Waals surface area (Å²) in [5, 5.41) is 11.0. The summed E-state index contributed by atoms with van der Waals surface area (Å²) in [5.74, 6) is -2.50. The third kappa shape index (κ3) is 2.34. The summed E-state index contributed by atoms with van der Waals surface area (Å²) in [5.41, 5.74) is 6.80. The molecule has 8 heteroatoms. The second-order valence-electron chi connectivity index (χ2n) is 5.47. The van der Waals surface area contributed by atoms with Crippen LogP contribution in [0.5, 0.6) is 0 Å². The maximum atomic E-state index is 12.4. The van der Waals surface area contributed by atoms with E-state index in [-0.39, 0.29) is 23.4 Å². The van der Waals surface area contributed by atoms with E-state index in [1.54, 1.807) is 19.1 Å². The number of nitrogens with zero attached hydrogens (tertiary/aromatic N) is 1. The van der Waals surface area contributed by atoms with Crippen molar-refractivity contribution >= 4 is 23.6 Å². The summed E-state index contributed by atoms with van der Waals surface area (Å²) in [6.45, 7) is 1.73. The monoisotopic (exact) mass is 327 g/mol. The van der Waals surface area contributed by atoms with Gasteiger partial charge in [-0.2, -0.15) is 0 Å². The van der Waals surface area contributed by atoms with Crippen LogP contribution in [0.15, 0.2) is 29.1 Å². The quantitative estimate of drug-likeness (QED) is 0.692. The van der Waals surface area contributed by atoms with Crippen molar-refractivity contribution in [1.29, 1.82) is 0 Å². The van der Waals surface area contributed by atoms with E-state index in [1.807, 2.05) is 0 Å². The molecule has 1 aliphatic heterocycles. The number of hydrogen-bond acceptors (Lipinski definition) is 5. The zero-order valence-electron chi connectivity index (χ0n) is 12.6. The molecule has 0 saturated heterocycles. The molecule has 4 N–H and O–H groups in total. The van der Waals surface area contributed by atoms with E-state index >= 15 is 0 Å². The number of carbonyl (C=O) groups is 3. The van der Waals surface area contributed by atoms with E-state index < -0.39 is 23.3 Å². The van der Waals surface area contributed by atoms with Gasteiger partial charge in [-0.1, -0.05) is 12.1 Å². The molecular weight excluding hydrogens is 314 g/mol. The van der Waals surface area contributed by atoms with Gasteiger partial charge in [0.15, 0.2) is 0 Å². The molecule has 0 fully saturated rings. The highest BCUT2D eigenvalue weighted by Crippen LogP contribution is 2.25. The molecule has 0 bridgehead atoms. The number of nitrogens with one attached hydrogen (secondary N) is 1. The Labute approximate surface area is 135 Å². The van der Waals surface area contributed by atoms with E-state index in [9.17, 15) is 19.2 Å². The van der Waals surface area contributed by atoms with Gasteiger partial charge in [0.25, 0.3) is 17.4 Å². The number of hydrogen-bond donors (Lipinski definition) is 3. The number of anilines is 1. The first-order chi connectivity index (χ1) is 11.3. The Morgan fingerprint density at radius 2 is 1.92 bits per heavy atom. The van der Waals surface area contributed by atoms with Crippen LogP contribution in [0.2, 0.25) is 0 Å². The number of nitrogen functional groups attached to an aromatic ring is 1. The number of nitrogens with two attached hydrogens (primary N) is 1. The summed E-state index contributed by atoms with van der Waals surface area (Å²) >= 11 is 0. The van der Waals surface area contributed by atoms with Gasteiger partial charge in [-0.3, -0.25) is 29.1 Å². The predicted octanol–water partition coefficient (Wildman–Crippen LogP) is 0.239. The third-order valence-corrected chi connectivity index (χ3v) is 3.82. The second-order valence-corrected chi connectivity index (χ2v) is 5.47. The SMILES string of the molecule is Cc1ccc(CC(=O)O)cc1-n1c(N)c2c(cc1=O)C(=O)NC2=O. The van der Waals surface area contributed by atoms with Crippen LogP contribution in [-0.4, -0.2) is 27.5 Å². The van der Waals surface area contributed by atoms with Gasteiger partial charge < -0.3 is 10.8 Å². The molecule has 2 amide bonds. The Morgan fingerprint density at radius 1 is 1.21 bits per heavy atom. The number of carboxylic acids is 1. The van der Waals surface area contributed by atoms with Crippen LogP contribution in [-0.2, 0) is 11.2 Å². The molecule has 1 aliphatic rings. The first kappa shape index (κ1) is 15.5. The Morgan fingerprint density at radius 3 is 2.58 bits per heavy atom. The number of carbonyl (C=O) groups excluding carboxylic acids is 2. The highest BCUT2D eigenvalue weighted by Gasteiger charge is 2.32. The number of fused-ring (bicyclic) bond motifs is 1. The van der Waals surface area contributed by atoms with Crippen LogP contribution in [0.1, 0.15) is 31.8 Å². The lowest BCUT2D eigenvalue weighted by atomic mass is 10.1. The molecular formula is C16H13N3O5. The van der Waals surface area contributed by atoms with Crippen molar-refractivity contribution in [3.8, 4) is 5.69 Å². The molecule has 8 nitrogen and oxygen atoms in total. The van der Waals surface area contributed by atoms with Crippen molar-refractivity contribution in [1.82, 2.24) is 9.88 Å². The van der Waals surface area contributed by atoms with Gasteiger partial charge in [-0.05, 0) is 24.1 Å². The highest BCUT2D eigenvalue weighted by atomic mass is 16.4. The third-order valence-electron chi connectivity index (χ3n) is 3.82. The summed E-state index contributed by atoms with van der Waals surface area (Å²) < 4.78 is 1.11. The van der Waals surface area contributed by atoms with Gasteiger partial charge in [-0.15, -0.1) is 0 Å². The minimum absolute atomic E-state index is 0.0531. The van der Waals surface area contributed by atoms with Gasteiger partial charge in [0.2, 0.25) is 0 Å². The average Bonchev–Trinajstić information content (AvgIpc) is 2.76. The molecule has 122 valence electrons.